The molecule has 3 rings (SSSR count). The zero-order chi connectivity index (χ0) is 17.3. The molecule has 122 valence electrons. The molecule has 1 aromatic heterocycles. The average Bonchev–Trinajstić information content (AvgIpc) is 3.04. The van der Waals surface area contributed by atoms with E-state index in [1.807, 2.05) is 75.5 Å². The topological polar surface area (TPSA) is 47.8 Å². The van der Waals surface area contributed by atoms with E-state index < -0.39 is 0 Å². The highest BCUT2D eigenvalue weighted by molar-refractivity contribution is 6.00. The van der Waals surface area contributed by atoms with Crippen molar-refractivity contribution in [1.29, 1.82) is 0 Å². The van der Waals surface area contributed by atoms with Gasteiger partial charge in [0.25, 0.3) is 0 Å². The van der Waals surface area contributed by atoms with Crippen LogP contribution in [0.15, 0.2) is 54.7 Å². The van der Waals surface area contributed by atoms with E-state index in [0.717, 1.165) is 22.5 Å². The second-order valence-corrected chi connectivity index (χ2v) is 7.04. The molecule has 0 fully saturated rings. The molecule has 0 spiro atoms. The van der Waals surface area contributed by atoms with E-state index in [9.17, 15) is 4.79 Å². The third-order valence-corrected chi connectivity index (χ3v) is 3.92. The Labute approximate surface area is 142 Å². The summed E-state index contributed by atoms with van der Waals surface area (Å²) >= 11 is 0. The van der Waals surface area contributed by atoms with Crippen molar-refractivity contribution in [2.24, 2.45) is 5.41 Å². The number of aromatic nitrogens is 3. The van der Waals surface area contributed by atoms with Crippen molar-refractivity contribution in [3.8, 4) is 16.9 Å². The summed E-state index contributed by atoms with van der Waals surface area (Å²) in [4.78, 5) is 12.3. The van der Waals surface area contributed by atoms with Crippen LogP contribution in [0.3, 0.4) is 0 Å². The van der Waals surface area contributed by atoms with Gasteiger partial charge < -0.3 is 0 Å². The molecule has 0 atom stereocenters. The van der Waals surface area contributed by atoms with Crippen LogP contribution in [0, 0.1) is 12.3 Å². The van der Waals surface area contributed by atoms with E-state index in [-0.39, 0.29) is 11.2 Å². The summed E-state index contributed by atoms with van der Waals surface area (Å²) in [6.07, 6.45) is 1.89. The summed E-state index contributed by atoms with van der Waals surface area (Å²) in [7, 11) is 0. The van der Waals surface area contributed by atoms with Gasteiger partial charge in [0.15, 0.2) is 5.78 Å². The van der Waals surface area contributed by atoms with Gasteiger partial charge in [-0.05, 0) is 19.1 Å². The Kier molecular flexibility index (Phi) is 4.06. The van der Waals surface area contributed by atoms with Crippen LogP contribution in [0.5, 0.6) is 0 Å². The Morgan fingerprint density at radius 1 is 0.958 bits per heavy atom. The van der Waals surface area contributed by atoms with Crippen molar-refractivity contribution >= 4 is 5.78 Å². The summed E-state index contributed by atoms with van der Waals surface area (Å²) < 4.78 is 1.75. The number of rotatable bonds is 3. The largest absolute Gasteiger partial charge is 0.294 e. The van der Waals surface area contributed by atoms with Gasteiger partial charge in [-0.2, -0.15) is 0 Å². The van der Waals surface area contributed by atoms with Crippen molar-refractivity contribution in [1.82, 2.24) is 15.0 Å². The van der Waals surface area contributed by atoms with Gasteiger partial charge in [-0.15, -0.1) is 5.10 Å². The summed E-state index contributed by atoms with van der Waals surface area (Å²) in [6.45, 7) is 7.83. The molecule has 3 aromatic rings. The molecule has 0 amide bonds. The van der Waals surface area contributed by atoms with Gasteiger partial charge in [0.05, 0.1) is 11.9 Å². The minimum Gasteiger partial charge on any atom is -0.294 e. The predicted molar refractivity (Wildman–Crippen MR) is 95.3 cm³/mol. The fourth-order valence-electron chi connectivity index (χ4n) is 2.45. The van der Waals surface area contributed by atoms with Gasteiger partial charge in [0.1, 0.15) is 5.69 Å². The van der Waals surface area contributed by atoms with E-state index in [1.165, 1.54) is 5.56 Å². The Bertz CT molecular complexity index is 853. The van der Waals surface area contributed by atoms with Crippen molar-refractivity contribution in [3.63, 3.8) is 0 Å². The number of Topliss-reactive ketones (excluding diaryl/α,β-unsaturated/α-hetero) is 1. The number of ketones is 1. The van der Waals surface area contributed by atoms with Gasteiger partial charge in [0.2, 0.25) is 0 Å². The van der Waals surface area contributed by atoms with E-state index in [4.69, 9.17) is 0 Å². The van der Waals surface area contributed by atoms with Gasteiger partial charge in [-0.3, -0.25) is 4.79 Å². The number of carbonyl (C=O) groups is 1. The quantitative estimate of drug-likeness (QED) is 0.669. The van der Waals surface area contributed by atoms with Crippen LogP contribution in [-0.2, 0) is 0 Å². The van der Waals surface area contributed by atoms with Crippen molar-refractivity contribution in [2.45, 2.75) is 27.7 Å². The van der Waals surface area contributed by atoms with Crippen LogP contribution in [0.4, 0.5) is 0 Å². The lowest BCUT2D eigenvalue weighted by Crippen LogP contribution is -2.19. The third kappa shape index (κ3) is 3.27. The number of hydrogen-bond donors (Lipinski definition) is 0. The maximum Gasteiger partial charge on any atom is 0.168 e. The molecule has 1 heterocycles. The number of aryl methyl sites for hydroxylation is 1. The zero-order valence-corrected chi connectivity index (χ0v) is 14.4. The number of hydrogen-bond acceptors (Lipinski definition) is 3. The number of carbonyl (C=O) groups excluding carboxylic acids is 1. The molecule has 0 bridgehead atoms. The lowest BCUT2D eigenvalue weighted by Gasteiger charge is -2.16. The van der Waals surface area contributed by atoms with Crippen LogP contribution in [0.1, 0.15) is 36.7 Å². The highest BCUT2D eigenvalue weighted by Crippen LogP contribution is 2.23. The first-order valence-corrected chi connectivity index (χ1v) is 7.99. The van der Waals surface area contributed by atoms with E-state index in [0.29, 0.717) is 0 Å². The third-order valence-electron chi connectivity index (χ3n) is 3.92. The molecular weight excluding hydrogens is 298 g/mol. The lowest BCUT2D eigenvalue weighted by molar-refractivity contribution is 0.0858. The highest BCUT2D eigenvalue weighted by Gasteiger charge is 2.22. The first-order chi connectivity index (χ1) is 11.3. The molecule has 0 N–H and O–H groups in total. The normalized spacial score (nSPS) is 11.5. The van der Waals surface area contributed by atoms with Crippen LogP contribution in [0.2, 0.25) is 0 Å². The van der Waals surface area contributed by atoms with Crippen molar-refractivity contribution in [3.05, 3.63) is 65.9 Å². The summed E-state index contributed by atoms with van der Waals surface area (Å²) in [5.41, 5.74) is 4.24. The molecule has 0 saturated heterocycles. The van der Waals surface area contributed by atoms with E-state index in [2.05, 4.69) is 17.2 Å². The smallest absolute Gasteiger partial charge is 0.168 e. The molecule has 4 nitrogen and oxygen atoms in total. The van der Waals surface area contributed by atoms with Gasteiger partial charge in [-0.1, -0.05) is 67.9 Å². The van der Waals surface area contributed by atoms with Crippen LogP contribution >= 0.6 is 0 Å². The first kappa shape index (κ1) is 16.1. The first-order valence-electron chi connectivity index (χ1n) is 7.99. The molecule has 2 aromatic carbocycles. The Morgan fingerprint density at radius 3 is 2.17 bits per heavy atom. The Balaban J connectivity index is 1.85. The summed E-state index contributed by atoms with van der Waals surface area (Å²) in [6, 6.07) is 15.7. The molecule has 0 aliphatic rings. The molecular formula is C20H21N3O. The fraction of sp³-hybridized carbons (Fsp3) is 0.250. The van der Waals surface area contributed by atoms with Crippen molar-refractivity contribution < 1.29 is 4.79 Å². The van der Waals surface area contributed by atoms with Gasteiger partial charge in [0, 0.05) is 16.5 Å². The summed E-state index contributed by atoms with van der Waals surface area (Å²) in [5.74, 6) is 0.136. The second kappa shape index (κ2) is 6.04. The monoisotopic (exact) mass is 319 g/mol. The highest BCUT2D eigenvalue weighted by atomic mass is 16.1. The molecule has 0 aliphatic carbocycles. The Morgan fingerprint density at radius 2 is 1.58 bits per heavy atom. The minimum atomic E-state index is -0.379. The summed E-state index contributed by atoms with van der Waals surface area (Å²) in [5, 5.41) is 8.43. The van der Waals surface area contributed by atoms with Gasteiger partial charge >= 0.3 is 0 Å². The maximum atomic E-state index is 12.3. The van der Waals surface area contributed by atoms with Gasteiger partial charge in [-0.25, -0.2) is 4.68 Å². The molecule has 0 aliphatic heterocycles. The van der Waals surface area contributed by atoms with Crippen LogP contribution < -0.4 is 0 Å². The average molecular weight is 319 g/mol. The number of nitrogens with zero attached hydrogens (tertiary/aromatic N) is 3. The molecule has 4 heteroatoms. The molecule has 0 unspecified atom stereocenters. The standard InChI is InChI=1S/C20H21N3O/c1-14-5-11-17(12-6-14)23-13-18(21-22-23)15-7-9-16(10-8-15)19(24)20(2,3)4/h5-13H,1-4H3. The minimum absolute atomic E-state index is 0.136. The lowest BCUT2D eigenvalue weighted by atomic mass is 9.86. The zero-order valence-electron chi connectivity index (χ0n) is 14.4. The van der Waals surface area contributed by atoms with Crippen LogP contribution in [0.25, 0.3) is 16.9 Å². The maximum absolute atomic E-state index is 12.3. The number of benzene rings is 2. The van der Waals surface area contributed by atoms with Crippen molar-refractivity contribution in [2.75, 3.05) is 0 Å². The predicted octanol–water partition coefficient (Wildman–Crippen LogP) is 4.47. The second-order valence-electron chi connectivity index (χ2n) is 7.04. The molecule has 24 heavy (non-hydrogen) atoms. The Hall–Kier alpha value is -2.75. The fourth-order valence-corrected chi connectivity index (χ4v) is 2.45. The van der Waals surface area contributed by atoms with Crippen LogP contribution in [-0.4, -0.2) is 20.8 Å². The molecule has 0 saturated carbocycles. The van der Waals surface area contributed by atoms with E-state index >= 15 is 0 Å². The van der Waals surface area contributed by atoms with E-state index in [1.54, 1.807) is 4.68 Å². The molecule has 0 radical (unpaired) electrons. The SMILES string of the molecule is Cc1ccc(-n2cc(-c3ccc(C(=O)C(C)(C)C)cc3)nn2)cc1.